The number of nitro groups is 1. The quantitative estimate of drug-likeness (QED) is 0.664. The molecule has 6 heteroatoms. The molecule has 2 aliphatic heterocycles. The molecule has 2 saturated heterocycles. The lowest BCUT2D eigenvalue weighted by atomic mass is 9.98. The first kappa shape index (κ1) is 14.8. The van der Waals surface area contributed by atoms with Gasteiger partial charge in [0, 0.05) is 40.4 Å². The largest absolute Gasteiger partial charge is 0.380 e. The van der Waals surface area contributed by atoms with E-state index in [1.54, 1.807) is 13.0 Å². The fourth-order valence-electron chi connectivity index (χ4n) is 3.59. The number of nitrogens with zero attached hydrogens (tertiary/aromatic N) is 2. The van der Waals surface area contributed by atoms with E-state index in [9.17, 15) is 10.1 Å². The van der Waals surface area contributed by atoms with Gasteiger partial charge in [-0.3, -0.25) is 15.0 Å². The van der Waals surface area contributed by atoms with Crippen LogP contribution in [-0.4, -0.2) is 35.0 Å². The Balaban J connectivity index is 1.79. The second-order valence-corrected chi connectivity index (χ2v) is 6.87. The van der Waals surface area contributed by atoms with Gasteiger partial charge >= 0.3 is 0 Å². The summed E-state index contributed by atoms with van der Waals surface area (Å²) in [6, 6.07) is 4.54. The van der Waals surface area contributed by atoms with Crippen molar-refractivity contribution in [1.82, 2.24) is 4.90 Å². The van der Waals surface area contributed by atoms with Crippen LogP contribution in [0.1, 0.15) is 31.2 Å². The van der Waals surface area contributed by atoms with Crippen molar-refractivity contribution in [2.75, 3.05) is 18.4 Å². The maximum Gasteiger partial charge on any atom is 0.273 e. The summed E-state index contributed by atoms with van der Waals surface area (Å²) in [4.78, 5) is 13.2. The lowest BCUT2D eigenvalue weighted by molar-refractivity contribution is -0.385. The zero-order chi connectivity index (χ0) is 15.0. The molecule has 5 nitrogen and oxygen atoms in total. The molecule has 0 amide bonds. The Bertz CT molecular complexity index is 564. The number of nitro benzene ring substituents is 1. The van der Waals surface area contributed by atoms with Crippen molar-refractivity contribution in [3.63, 3.8) is 0 Å². The number of hydrogen-bond donors (Lipinski definition) is 1. The number of hydrogen-bond acceptors (Lipinski definition) is 4. The van der Waals surface area contributed by atoms with Crippen LogP contribution in [0.25, 0.3) is 0 Å². The number of halogens is 1. The lowest BCUT2D eigenvalue weighted by Gasteiger charge is -2.33. The number of fused-ring (bicyclic) bond motifs is 1. The van der Waals surface area contributed by atoms with Crippen molar-refractivity contribution in [1.29, 1.82) is 0 Å². The standard InChI is InChI=1S/C15H20BrN3O2/c1-10-8-13(11(16)9-15(10)19(20)21)17-12-5-7-18-6-3-2-4-14(12)18/h8-9,12,14,17H,2-7H2,1H3. The zero-order valence-corrected chi connectivity index (χ0v) is 13.7. The van der Waals surface area contributed by atoms with Gasteiger partial charge in [0.2, 0.25) is 0 Å². The molecule has 21 heavy (non-hydrogen) atoms. The van der Waals surface area contributed by atoms with Crippen molar-refractivity contribution >= 4 is 27.3 Å². The van der Waals surface area contributed by atoms with Crippen LogP contribution in [0.2, 0.25) is 0 Å². The predicted molar refractivity (Wildman–Crippen MR) is 86.8 cm³/mol. The molecule has 0 aromatic heterocycles. The van der Waals surface area contributed by atoms with E-state index in [2.05, 4.69) is 26.1 Å². The minimum absolute atomic E-state index is 0.165. The molecule has 1 aromatic rings. The zero-order valence-electron chi connectivity index (χ0n) is 12.1. The molecule has 2 unspecified atom stereocenters. The van der Waals surface area contributed by atoms with Gasteiger partial charge in [-0.05, 0) is 54.7 Å². The molecular formula is C15H20BrN3O2. The number of anilines is 1. The average Bonchev–Trinajstić information content (AvgIpc) is 2.85. The molecule has 1 N–H and O–H groups in total. The van der Waals surface area contributed by atoms with E-state index in [4.69, 9.17) is 0 Å². The minimum Gasteiger partial charge on any atom is -0.380 e. The highest BCUT2D eigenvalue weighted by atomic mass is 79.9. The van der Waals surface area contributed by atoms with Crippen molar-refractivity contribution in [3.05, 3.63) is 32.3 Å². The lowest BCUT2D eigenvalue weighted by Crippen LogP contribution is -2.41. The summed E-state index contributed by atoms with van der Waals surface area (Å²) in [5, 5.41) is 14.6. The van der Waals surface area contributed by atoms with Gasteiger partial charge < -0.3 is 5.32 Å². The van der Waals surface area contributed by atoms with Crippen molar-refractivity contribution in [2.45, 2.75) is 44.7 Å². The first-order valence-electron chi connectivity index (χ1n) is 7.51. The highest BCUT2D eigenvalue weighted by Gasteiger charge is 2.35. The molecule has 0 radical (unpaired) electrons. The minimum atomic E-state index is -0.331. The van der Waals surface area contributed by atoms with E-state index in [1.807, 2.05) is 6.07 Å². The molecule has 2 fully saturated rings. The van der Waals surface area contributed by atoms with Crippen LogP contribution < -0.4 is 5.32 Å². The van der Waals surface area contributed by atoms with Crippen LogP contribution in [-0.2, 0) is 0 Å². The Morgan fingerprint density at radius 2 is 2.14 bits per heavy atom. The second-order valence-electron chi connectivity index (χ2n) is 6.01. The Kier molecular flexibility index (Phi) is 4.17. The van der Waals surface area contributed by atoms with E-state index in [0.717, 1.165) is 23.1 Å². The normalized spacial score (nSPS) is 25.6. The van der Waals surface area contributed by atoms with E-state index in [-0.39, 0.29) is 10.6 Å². The number of rotatable bonds is 3. The maximum absolute atomic E-state index is 11.0. The first-order valence-corrected chi connectivity index (χ1v) is 8.30. The highest BCUT2D eigenvalue weighted by molar-refractivity contribution is 9.10. The van der Waals surface area contributed by atoms with Crippen LogP contribution in [0.4, 0.5) is 11.4 Å². The summed E-state index contributed by atoms with van der Waals surface area (Å²) in [6.45, 7) is 4.16. The number of nitrogens with one attached hydrogen (secondary N) is 1. The van der Waals surface area contributed by atoms with E-state index in [1.165, 1.54) is 25.8 Å². The Morgan fingerprint density at radius 3 is 2.90 bits per heavy atom. The fourth-order valence-corrected chi connectivity index (χ4v) is 4.04. The fraction of sp³-hybridized carbons (Fsp3) is 0.600. The van der Waals surface area contributed by atoms with Crippen LogP contribution in [0.15, 0.2) is 16.6 Å². The van der Waals surface area contributed by atoms with E-state index >= 15 is 0 Å². The Hall–Kier alpha value is -1.14. The van der Waals surface area contributed by atoms with E-state index < -0.39 is 0 Å². The molecule has 114 valence electrons. The summed E-state index contributed by atoms with van der Waals surface area (Å²) in [6.07, 6.45) is 5.01. The van der Waals surface area contributed by atoms with Gasteiger partial charge in [-0.1, -0.05) is 6.42 Å². The summed E-state index contributed by atoms with van der Waals surface area (Å²) >= 11 is 3.46. The monoisotopic (exact) mass is 353 g/mol. The maximum atomic E-state index is 11.0. The summed E-state index contributed by atoms with van der Waals surface area (Å²) in [5.41, 5.74) is 1.83. The summed E-state index contributed by atoms with van der Waals surface area (Å²) < 4.78 is 0.772. The van der Waals surface area contributed by atoms with Crippen LogP contribution in [0.3, 0.4) is 0 Å². The molecule has 0 aliphatic carbocycles. The van der Waals surface area contributed by atoms with Gasteiger partial charge in [0.1, 0.15) is 0 Å². The van der Waals surface area contributed by atoms with Gasteiger partial charge in [-0.2, -0.15) is 0 Å². The molecule has 0 saturated carbocycles. The summed E-state index contributed by atoms with van der Waals surface area (Å²) in [5.74, 6) is 0. The van der Waals surface area contributed by atoms with Crippen molar-refractivity contribution in [2.24, 2.45) is 0 Å². The molecular weight excluding hydrogens is 334 g/mol. The molecule has 3 rings (SSSR count). The molecule has 2 heterocycles. The molecule has 2 atom stereocenters. The third-order valence-electron chi connectivity index (χ3n) is 4.68. The Morgan fingerprint density at radius 1 is 1.33 bits per heavy atom. The van der Waals surface area contributed by atoms with Gasteiger partial charge in [0.25, 0.3) is 5.69 Å². The third-order valence-corrected chi connectivity index (χ3v) is 5.34. The second kappa shape index (κ2) is 5.93. The predicted octanol–water partition coefficient (Wildman–Crippen LogP) is 3.70. The molecule has 2 aliphatic rings. The van der Waals surface area contributed by atoms with Gasteiger partial charge in [0.15, 0.2) is 0 Å². The van der Waals surface area contributed by atoms with Gasteiger partial charge in [0.05, 0.1) is 4.92 Å². The average molecular weight is 354 g/mol. The topological polar surface area (TPSA) is 58.4 Å². The highest BCUT2D eigenvalue weighted by Crippen LogP contribution is 2.34. The molecule has 0 bridgehead atoms. The number of benzene rings is 1. The first-order chi connectivity index (χ1) is 10.1. The SMILES string of the molecule is Cc1cc(NC2CCN3CCCCC23)c(Br)cc1[N+](=O)[O-]. The van der Waals surface area contributed by atoms with Crippen LogP contribution >= 0.6 is 15.9 Å². The number of aryl methyl sites for hydroxylation is 1. The smallest absolute Gasteiger partial charge is 0.273 e. The van der Waals surface area contributed by atoms with Crippen molar-refractivity contribution < 1.29 is 4.92 Å². The van der Waals surface area contributed by atoms with Crippen LogP contribution in [0, 0.1) is 17.0 Å². The van der Waals surface area contributed by atoms with Crippen molar-refractivity contribution in [3.8, 4) is 0 Å². The van der Waals surface area contributed by atoms with Gasteiger partial charge in [-0.25, -0.2) is 0 Å². The summed E-state index contributed by atoms with van der Waals surface area (Å²) in [7, 11) is 0. The van der Waals surface area contributed by atoms with E-state index in [0.29, 0.717) is 17.6 Å². The molecule has 0 spiro atoms. The van der Waals surface area contributed by atoms with Crippen LogP contribution in [0.5, 0.6) is 0 Å². The Labute approximate surface area is 133 Å². The number of piperidine rings is 1. The van der Waals surface area contributed by atoms with Gasteiger partial charge in [-0.15, -0.1) is 0 Å². The molecule has 1 aromatic carbocycles. The third kappa shape index (κ3) is 2.92.